The molecule has 0 radical (unpaired) electrons. The van der Waals surface area contributed by atoms with Gasteiger partial charge in [-0.1, -0.05) is 26.2 Å². The number of rotatable bonds is 5. The van der Waals surface area contributed by atoms with Crippen LogP contribution in [-0.4, -0.2) is 24.6 Å². The van der Waals surface area contributed by atoms with Crippen LogP contribution in [0.2, 0.25) is 0 Å². The maximum absolute atomic E-state index is 11.5. The second-order valence-corrected chi connectivity index (χ2v) is 5.98. The highest BCUT2D eigenvalue weighted by atomic mass is 16.5. The van der Waals surface area contributed by atoms with E-state index >= 15 is 0 Å². The Morgan fingerprint density at radius 1 is 1.48 bits per heavy atom. The lowest BCUT2D eigenvalue weighted by molar-refractivity contribution is 0.0594. The molecule has 1 aliphatic carbocycles. The average molecular weight is 291 g/mol. The van der Waals surface area contributed by atoms with Gasteiger partial charge in [-0.2, -0.15) is 0 Å². The number of nitrogens with one attached hydrogen (secondary N) is 1. The molecule has 0 saturated heterocycles. The summed E-state index contributed by atoms with van der Waals surface area (Å²) in [5.74, 6) is 1.75. The first-order chi connectivity index (χ1) is 10.1. The molecule has 21 heavy (non-hydrogen) atoms. The van der Waals surface area contributed by atoms with Gasteiger partial charge in [0.1, 0.15) is 5.82 Å². The van der Waals surface area contributed by atoms with Crippen molar-refractivity contribution in [3.05, 3.63) is 17.8 Å². The topological polar surface area (TPSA) is 77.2 Å². The maximum Gasteiger partial charge on any atom is 0.356 e. The van der Waals surface area contributed by atoms with Crippen LogP contribution in [-0.2, 0) is 4.74 Å². The Morgan fingerprint density at radius 3 is 3.00 bits per heavy atom. The molecule has 2 rings (SSSR count). The van der Waals surface area contributed by atoms with E-state index in [1.165, 1.54) is 32.8 Å². The van der Waals surface area contributed by atoms with Crippen molar-refractivity contribution in [2.75, 3.05) is 24.7 Å². The van der Waals surface area contributed by atoms with Crippen LogP contribution in [0.4, 0.5) is 11.5 Å². The van der Waals surface area contributed by atoms with Gasteiger partial charge in [-0.3, -0.25) is 0 Å². The molecule has 0 spiro atoms. The molecule has 1 fully saturated rings. The Kier molecular flexibility index (Phi) is 5.42. The van der Waals surface area contributed by atoms with E-state index in [1.807, 2.05) is 0 Å². The van der Waals surface area contributed by atoms with Crippen LogP contribution >= 0.6 is 0 Å². The maximum atomic E-state index is 11.5. The zero-order valence-electron chi connectivity index (χ0n) is 12.9. The van der Waals surface area contributed by atoms with Gasteiger partial charge in [0.15, 0.2) is 5.69 Å². The second-order valence-electron chi connectivity index (χ2n) is 5.98. The molecule has 0 amide bonds. The highest BCUT2D eigenvalue weighted by Gasteiger charge is 2.18. The van der Waals surface area contributed by atoms with Crippen molar-refractivity contribution < 1.29 is 9.53 Å². The minimum absolute atomic E-state index is 0.278. The number of nitrogens with two attached hydrogens (primary N) is 1. The van der Waals surface area contributed by atoms with Crippen LogP contribution in [0.25, 0.3) is 0 Å². The second kappa shape index (κ2) is 7.29. The van der Waals surface area contributed by atoms with Crippen molar-refractivity contribution in [1.29, 1.82) is 0 Å². The van der Waals surface area contributed by atoms with Crippen molar-refractivity contribution in [2.24, 2.45) is 11.8 Å². The monoisotopic (exact) mass is 291 g/mol. The van der Waals surface area contributed by atoms with E-state index in [1.54, 1.807) is 12.1 Å². The Morgan fingerprint density at radius 2 is 2.29 bits per heavy atom. The van der Waals surface area contributed by atoms with Gasteiger partial charge in [0, 0.05) is 6.54 Å². The van der Waals surface area contributed by atoms with Gasteiger partial charge < -0.3 is 15.8 Å². The van der Waals surface area contributed by atoms with Crippen LogP contribution in [0.5, 0.6) is 0 Å². The van der Waals surface area contributed by atoms with E-state index in [9.17, 15) is 4.79 Å². The molecule has 2 unspecified atom stereocenters. The van der Waals surface area contributed by atoms with E-state index in [2.05, 4.69) is 22.0 Å². The summed E-state index contributed by atoms with van der Waals surface area (Å²) < 4.78 is 4.67. The summed E-state index contributed by atoms with van der Waals surface area (Å²) in [7, 11) is 1.34. The van der Waals surface area contributed by atoms with Gasteiger partial charge in [-0.15, -0.1) is 0 Å². The number of methoxy groups -OCH3 is 1. The SMILES string of the molecule is COC(=O)c1ccc(N)c(NCCC2CCCC(C)C2)n1. The molecule has 1 aromatic rings. The van der Waals surface area contributed by atoms with Crippen molar-refractivity contribution in [3.63, 3.8) is 0 Å². The van der Waals surface area contributed by atoms with Gasteiger partial charge in [0.25, 0.3) is 0 Å². The largest absolute Gasteiger partial charge is 0.464 e. The van der Waals surface area contributed by atoms with E-state index < -0.39 is 5.97 Å². The summed E-state index contributed by atoms with van der Waals surface area (Å²) in [6.45, 7) is 3.16. The standard InChI is InChI=1S/C16H25N3O2/c1-11-4-3-5-12(10-11)8-9-18-15-13(17)6-7-14(19-15)16(20)21-2/h6-7,11-12H,3-5,8-10,17H2,1-2H3,(H,18,19). The Labute approximate surface area is 126 Å². The molecule has 1 heterocycles. The molecule has 1 aliphatic rings. The number of ether oxygens (including phenoxy) is 1. The lowest BCUT2D eigenvalue weighted by Crippen LogP contribution is -2.17. The van der Waals surface area contributed by atoms with E-state index in [0.717, 1.165) is 24.8 Å². The zero-order valence-corrected chi connectivity index (χ0v) is 12.9. The smallest absolute Gasteiger partial charge is 0.356 e. The molecule has 1 saturated carbocycles. The summed E-state index contributed by atoms with van der Waals surface area (Å²) in [5, 5.41) is 3.25. The normalized spacial score (nSPS) is 21.8. The van der Waals surface area contributed by atoms with Crippen molar-refractivity contribution in [3.8, 4) is 0 Å². The molecular weight excluding hydrogens is 266 g/mol. The number of nitrogen functional groups attached to an aromatic ring is 1. The fourth-order valence-corrected chi connectivity index (χ4v) is 3.05. The first-order valence-corrected chi connectivity index (χ1v) is 7.69. The fraction of sp³-hybridized carbons (Fsp3) is 0.625. The number of carbonyl (C=O) groups excluding carboxylic acids is 1. The number of esters is 1. The Hall–Kier alpha value is -1.78. The lowest BCUT2D eigenvalue weighted by Gasteiger charge is -2.26. The first-order valence-electron chi connectivity index (χ1n) is 7.69. The van der Waals surface area contributed by atoms with E-state index in [4.69, 9.17) is 5.73 Å². The molecule has 5 nitrogen and oxygen atoms in total. The van der Waals surface area contributed by atoms with Crippen LogP contribution in [0, 0.1) is 11.8 Å². The highest BCUT2D eigenvalue weighted by molar-refractivity contribution is 5.88. The third-order valence-corrected chi connectivity index (χ3v) is 4.21. The lowest BCUT2D eigenvalue weighted by atomic mass is 9.81. The molecule has 1 aromatic heterocycles. The van der Waals surface area contributed by atoms with Gasteiger partial charge in [-0.25, -0.2) is 9.78 Å². The number of carbonyl (C=O) groups is 1. The van der Waals surface area contributed by atoms with Crippen molar-refractivity contribution in [2.45, 2.75) is 39.0 Å². The molecule has 2 atom stereocenters. The minimum Gasteiger partial charge on any atom is -0.464 e. The minimum atomic E-state index is -0.445. The van der Waals surface area contributed by atoms with Gasteiger partial charge >= 0.3 is 5.97 Å². The fourth-order valence-electron chi connectivity index (χ4n) is 3.05. The number of nitrogens with zero attached hydrogens (tertiary/aromatic N) is 1. The number of anilines is 2. The summed E-state index contributed by atoms with van der Waals surface area (Å²) in [5.41, 5.74) is 6.73. The predicted octanol–water partition coefficient (Wildman–Crippen LogP) is 3.08. The molecule has 116 valence electrons. The van der Waals surface area contributed by atoms with Gasteiger partial charge in [0.05, 0.1) is 12.8 Å². The molecule has 3 N–H and O–H groups in total. The third-order valence-electron chi connectivity index (χ3n) is 4.21. The number of aromatic nitrogens is 1. The summed E-state index contributed by atoms with van der Waals surface area (Å²) in [6.07, 6.45) is 6.45. The van der Waals surface area contributed by atoms with E-state index in [0.29, 0.717) is 11.5 Å². The van der Waals surface area contributed by atoms with Crippen LogP contribution in [0.1, 0.15) is 49.5 Å². The first kappa shape index (κ1) is 15.6. The predicted molar refractivity (Wildman–Crippen MR) is 84.2 cm³/mol. The number of hydrogen-bond acceptors (Lipinski definition) is 5. The third kappa shape index (κ3) is 4.34. The highest BCUT2D eigenvalue weighted by Crippen LogP contribution is 2.30. The van der Waals surface area contributed by atoms with Gasteiger partial charge in [-0.05, 0) is 36.8 Å². The number of hydrogen-bond donors (Lipinski definition) is 2. The zero-order chi connectivity index (χ0) is 15.2. The van der Waals surface area contributed by atoms with Crippen LogP contribution < -0.4 is 11.1 Å². The summed E-state index contributed by atoms with van der Waals surface area (Å²) in [4.78, 5) is 15.7. The summed E-state index contributed by atoms with van der Waals surface area (Å²) >= 11 is 0. The molecule has 0 aliphatic heterocycles. The molecule has 0 aromatic carbocycles. The molecule has 5 heteroatoms. The van der Waals surface area contributed by atoms with Crippen molar-refractivity contribution >= 4 is 17.5 Å². The number of pyridine rings is 1. The van der Waals surface area contributed by atoms with Crippen LogP contribution in [0.15, 0.2) is 12.1 Å². The van der Waals surface area contributed by atoms with Crippen molar-refractivity contribution in [1.82, 2.24) is 4.98 Å². The van der Waals surface area contributed by atoms with E-state index in [-0.39, 0.29) is 5.69 Å². The molecular formula is C16H25N3O2. The summed E-state index contributed by atoms with van der Waals surface area (Å²) in [6, 6.07) is 3.26. The van der Waals surface area contributed by atoms with Gasteiger partial charge in [0.2, 0.25) is 0 Å². The Balaban J connectivity index is 1.88. The Bertz CT molecular complexity index is 490. The quantitative estimate of drug-likeness (QED) is 0.815. The average Bonchev–Trinajstić information content (AvgIpc) is 2.48. The molecule has 0 bridgehead atoms. The van der Waals surface area contributed by atoms with Crippen LogP contribution in [0.3, 0.4) is 0 Å².